The second kappa shape index (κ2) is 3.23. The van der Waals surface area contributed by atoms with Crippen molar-refractivity contribution in [3.8, 4) is 0 Å². The largest absolute Gasteiger partial charge is 0.394 e. The molecule has 0 bridgehead atoms. The lowest BCUT2D eigenvalue weighted by Gasteiger charge is -2.28. The highest BCUT2D eigenvalue weighted by Gasteiger charge is 2.43. The Balaban J connectivity index is 1.98. The summed E-state index contributed by atoms with van der Waals surface area (Å²) in [5, 5.41) is 13.0. The number of hydrogen-bond donors (Lipinski definition) is 2. The van der Waals surface area contributed by atoms with E-state index >= 15 is 0 Å². The van der Waals surface area contributed by atoms with Crippen LogP contribution in [0.25, 0.3) is 0 Å². The van der Waals surface area contributed by atoms with Crippen LogP contribution in [-0.4, -0.2) is 47.8 Å². The van der Waals surface area contributed by atoms with Gasteiger partial charge in [0.2, 0.25) is 0 Å². The normalized spacial score (nSPS) is 41.3. The van der Waals surface area contributed by atoms with Crippen LogP contribution >= 0.6 is 0 Å². The third kappa shape index (κ3) is 1.87. The predicted molar refractivity (Wildman–Crippen MR) is 52.7 cm³/mol. The van der Waals surface area contributed by atoms with Crippen molar-refractivity contribution >= 4 is 0 Å². The Morgan fingerprint density at radius 1 is 1.54 bits per heavy atom. The van der Waals surface area contributed by atoms with Gasteiger partial charge in [-0.1, -0.05) is 0 Å². The maximum absolute atomic E-state index is 9.44. The maximum Gasteiger partial charge on any atom is 0.0626 e. The van der Waals surface area contributed by atoms with Crippen molar-refractivity contribution in [1.29, 1.82) is 0 Å². The first-order valence-corrected chi connectivity index (χ1v) is 5.24. The molecule has 2 rings (SSSR count). The molecule has 0 amide bonds. The van der Waals surface area contributed by atoms with E-state index in [4.69, 9.17) is 0 Å². The molecule has 3 heteroatoms. The molecule has 0 aromatic rings. The summed E-state index contributed by atoms with van der Waals surface area (Å²) in [6.07, 6.45) is 3.66. The Kier molecular flexibility index (Phi) is 2.34. The monoisotopic (exact) mass is 184 g/mol. The van der Waals surface area contributed by atoms with Gasteiger partial charge in [-0.3, -0.25) is 0 Å². The van der Waals surface area contributed by atoms with Gasteiger partial charge in [0, 0.05) is 18.6 Å². The molecule has 0 aromatic carbocycles. The standard InChI is InChI=1S/C10H20N2O/c1-8-5-10(7-13,6-12(8)2)11-9-3-4-9/h8-9,11,13H,3-7H2,1-2H3. The minimum atomic E-state index is -0.00463. The van der Waals surface area contributed by atoms with Crippen LogP contribution in [0.15, 0.2) is 0 Å². The number of aliphatic hydroxyl groups is 1. The molecule has 13 heavy (non-hydrogen) atoms. The van der Waals surface area contributed by atoms with E-state index in [0.717, 1.165) is 13.0 Å². The summed E-state index contributed by atoms with van der Waals surface area (Å²) in [5.41, 5.74) is -0.00463. The summed E-state index contributed by atoms with van der Waals surface area (Å²) in [6.45, 7) is 3.49. The van der Waals surface area contributed by atoms with Crippen molar-refractivity contribution in [3.63, 3.8) is 0 Å². The lowest BCUT2D eigenvalue weighted by atomic mass is 9.97. The summed E-state index contributed by atoms with van der Waals surface area (Å²) in [7, 11) is 2.14. The molecule has 0 radical (unpaired) electrons. The molecule has 2 fully saturated rings. The molecule has 0 aromatic heterocycles. The number of likely N-dealkylation sites (N-methyl/N-ethyl adjacent to an activating group) is 1. The average Bonchev–Trinajstić information content (AvgIpc) is 2.82. The highest BCUT2D eigenvalue weighted by atomic mass is 16.3. The lowest BCUT2D eigenvalue weighted by molar-refractivity contribution is 0.163. The topological polar surface area (TPSA) is 35.5 Å². The Morgan fingerprint density at radius 2 is 2.23 bits per heavy atom. The molecule has 1 heterocycles. The molecular weight excluding hydrogens is 164 g/mol. The molecule has 1 saturated carbocycles. The highest BCUT2D eigenvalue weighted by molar-refractivity contribution is 5.03. The SMILES string of the molecule is CC1CC(CO)(NC2CC2)CN1C. The molecule has 2 atom stereocenters. The number of nitrogens with one attached hydrogen (secondary N) is 1. The molecule has 76 valence electrons. The second-order valence-electron chi connectivity index (χ2n) is 4.83. The summed E-state index contributed by atoms with van der Waals surface area (Å²) < 4.78 is 0. The van der Waals surface area contributed by atoms with Crippen molar-refractivity contribution in [1.82, 2.24) is 10.2 Å². The summed E-state index contributed by atoms with van der Waals surface area (Å²) in [5.74, 6) is 0. The third-order valence-electron chi connectivity index (χ3n) is 3.38. The van der Waals surface area contributed by atoms with Crippen molar-refractivity contribution in [3.05, 3.63) is 0 Å². The summed E-state index contributed by atoms with van der Waals surface area (Å²) in [6, 6.07) is 1.28. The van der Waals surface area contributed by atoms with Gasteiger partial charge in [0.25, 0.3) is 0 Å². The Morgan fingerprint density at radius 3 is 2.62 bits per heavy atom. The van der Waals surface area contributed by atoms with Crippen molar-refractivity contribution in [2.75, 3.05) is 20.2 Å². The van der Waals surface area contributed by atoms with E-state index in [0.29, 0.717) is 12.1 Å². The molecule has 3 nitrogen and oxygen atoms in total. The average molecular weight is 184 g/mol. The van der Waals surface area contributed by atoms with Crippen LogP contribution in [0.4, 0.5) is 0 Å². The van der Waals surface area contributed by atoms with E-state index in [1.807, 2.05) is 0 Å². The minimum Gasteiger partial charge on any atom is -0.394 e. The Bertz CT molecular complexity index is 176. The van der Waals surface area contributed by atoms with Gasteiger partial charge in [-0.2, -0.15) is 0 Å². The number of likely N-dealkylation sites (tertiary alicyclic amines) is 1. The summed E-state index contributed by atoms with van der Waals surface area (Å²) >= 11 is 0. The van der Waals surface area contributed by atoms with Gasteiger partial charge in [-0.15, -0.1) is 0 Å². The number of aliphatic hydroxyl groups excluding tert-OH is 1. The molecule has 1 saturated heterocycles. The predicted octanol–water partition coefficient (Wildman–Crippen LogP) is 0.193. The fraction of sp³-hybridized carbons (Fsp3) is 1.00. The van der Waals surface area contributed by atoms with E-state index in [1.54, 1.807) is 0 Å². The van der Waals surface area contributed by atoms with Gasteiger partial charge in [-0.05, 0) is 33.2 Å². The van der Waals surface area contributed by atoms with Crippen LogP contribution in [0.2, 0.25) is 0 Å². The third-order valence-corrected chi connectivity index (χ3v) is 3.38. The molecule has 1 aliphatic heterocycles. The maximum atomic E-state index is 9.44. The smallest absolute Gasteiger partial charge is 0.0626 e. The summed E-state index contributed by atoms with van der Waals surface area (Å²) in [4.78, 5) is 2.33. The van der Waals surface area contributed by atoms with E-state index < -0.39 is 0 Å². The molecule has 2 N–H and O–H groups in total. The van der Waals surface area contributed by atoms with Crippen LogP contribution in [0.5, 0.6) is 0 Å². The molecular formula is C10H20N2O. The number of hydrogen-bond acceptors (Lipinski definition) is 3. The minimum absolute atomic E-state index is 0.00463. The van der Waals surface area contributed by atoms with Gasteiger partial charge in [0.1, 0.15) is 0 Å². The van der Waals surface area contributed by atoms with E-state index in [9.17, 15) is 5.11 Å². The van der Waals surface area contributed by atoms with Crippen LogP contribution in [0, 0.1) is 0 Å². The molecule has 0 spiro atoms. The zero-order valence-electron chi connectivity index (χ0n) is 8.58. The van der Waals surface area contributed by atoms with Crippen LogP contribution in [-0.2, 0) is 0 Å². The van der Waals surface area contributed by atoms with E-state index in [2.05, 4.69) is 24.2 Å². The molecule has 2 aliphatic rings. The van der Waals surface area contributed by atoms with Gasteiger partial charge in [-0.25, -0.2) is 0 Å². The first-order chi connectivity index (χ1) is 6.15. The molecule has 2 unspecified atom stereocenters. The zero-order valence-corrected chi connectivity index (χ0v) is 8.58. The van der Waals surface area contributed by atoms with Gasteiger partial charge in [0.15, 0.2) is 0 Å². The lowest BCUT2D eigenvalue weighted by Crippen LogP contribution is -2.51. The van der Waals surface area contributed by atoms with Crippen molar-refractivity contribution in [2.24, 2.45) is 0 Å². The number of nitrogens with zero attached hydrogens (tertiary/aromatic N) is 1. The van der Waals surface area contributed by atoms with Crippen molar-refractivity contribution < 1.29 is 5.11 Å². The van der Waals surface area contributed by atoms with Gasteiger partial charge < -0.3 is 15.3 Å². The van der Waals surface area contributed by atoms with Crippen LogP contribution < -0.4 is 5.32 Å². The first-order valence-electron chi connectivity index (χ1n) is 5.24. The Labute approximate surface area is 80.1 Å². The molecule has 1 aliphatic carbocycles. The van der Waals surface area contributed by atoms with Crippen molar-refractivity contribution in [2.45, 2.75) is 43.8 Å². The quantitative estimate of drug-likeness (QED) is 0.657. The second-order valence-corrected chi connectivity index (χ2v) is 4.83. The van der Waals surface area contributed by atoms with Gasteiger partial charge >= 0.3 is 0 Å². The highest BCUT2D eigenvalue weighted by Crippen LogP contribution is 2.30. The van der Waals surface area contributed by atoms with E-state index in [-0.39, 0.29) is 12.1 Å². The van der Waals surface area contributed by atoms with Crippen LogP contribution in [0.1, 0.15) is 26.2 Å². The zero-order chi connectivity index (χ0) is 9.47. The fourth-order valence-corrected chi connectivity index (χ4v) is 2.34. The number of rotatable bonds is 3. The first kappa shape index (κ1) is 9.44. The Hall–Kier alpha value is -0.120. The van der Waals surface area contributed by atoms with E-state index in [1.165, 1.54) is 12.8 Å². The van der Waals surface area contributed by atoms with Gasteiger partial charge in [0.05, 0.1) is 12.1 Å². The van der Waals surface area contributed by atoms with Crippen LogP contribution in [0.3, 0.4) is 0 Å². The fourth-order valence-electron chi connectivity index (χ4n) is 2.34.